The summed E-state index contributed by atoms with van der Waals surface area (Å²) in [5.41, 5.74) is -30.2. The lowest BCUT2D eigenvalue weighted by molar-refractivity contribution is -0.598. The van der Waals surface area contributed by atoms with Crippen LogP contribution < -0.4 is 47.8 Å². The van der Waals surface area contributed by atoms with Crippen molar-refractivity contribution in [3.8, 4) is 5.75 Å². The van der Waals surface area contributed by atoms with Crippen molar-refractivity contribution in [1.29, 1.82) is 0 Å². The van der Waals surface area contributed by atoms with Crippen LogP contribution in [0.4, 0.5) is 105 Å². The maximum Gasteiger partial charge on any atom is 0.416 e. The molecule has 0 N–H and O–H groups in total. The highest BCUT2D eigenvalue weighted by atomic mass is 127. The Bertz CT molecular complexity index is 2490. The van der Waals surface area contributed by atoms with E-state index >= 15 is 0 Å². The summed E-state index contributed by atoms with van der Waals surface area (Å²) in [4.78, 5) is 0. The first kappa shape index (κ1) is 60.1. The molecule has 28 heteroatoms. The van der Waals surface area contributed by atoms with Gasteiger partial charge < -0.3 is 9.47 Å². The number of hydrogen-bond acceptors (Lipinski definition) is 2. The van der Waals surface area contributed by atoms with Crippen molar-refractivity contribution in [3.05, 3.63) is 179 Å². The molecule has 0 aliphatic rings. The fourth-order valence-corrected chi connectivity index (χ4v) is 9.98. The Labute approximate surface area is 417 Å². The summed E-state index contributed by atoms with van der Waals surface area (Å²) in [5, 5.41) is 0. The van der Waals surface area contributed by atoms with Crippen molar-refractivity contribution in [3.63, 3.8) is 0 Å². The zero-order chi connectivity index (χ0) is 56.5. The predicted molar refractivity (Wildman–Crippen MR) is 218 cm³/mol. The van der Waals surface area contributed by atoms with E-state index in [0.717, 1.165) is 5.75 Å². The minimum absolute atomic E-state index is 0.181. The van der Waals surface area contributed by atoms with Gasteiger partial charge in [-0.1, -0.05) is 78.9 Å². The van der Waals surface area contributed by atoms with Gasteiger partial charge in [0, 0.05) is 7.11 Å². The molecule has 0 saturated carbocycles. The third-order valence-electron chi connectivity index (χ3n) is 10.8. The quantitative estimate of drug-likeness (QED) is 0.0589. The van der Waals surface area contributed by atoms with E-state index in [-0.39, 0.29) is 21.2 Å². The number of halogens is 25. The molecule has 0 bridgehead atoms. The average Bonchev–Trinajstić information content (AvgIpc) is 3.28. The highest BCUT2D eigenvalue weighted by molar-refractivity contribution is 7.20. The van der Waals surface area contributed by atoms with E-state index in [1.165, 1.54) is 7.14 Å². The Hall–Kier alpha value is -5.81. The summed E-state index contributed by atoms with van der Waals surface area (Å²) < 4.78 is 354. The normalized spacial score (nSPS) is 13.3. The summed E-state index contributed by atoms with van der Waals surface area (Å²) in [6, 6.07) is 10.0. The molecule has 6 aromatic rings. The van der Waals surface area contributed by atoms with Gasteiger partial charge in [-0.3, -0.25) is 0 Å². The Balaban J connectivity index is 0.000000483. The number of hydrogen-bond donors (Lipinski definition) is 0. The van der Waals surface area contributed by atoms with Crippen LogP contribution in [0.25, 0.3) is 0 Å². The smallest absolute Gasteiger partial charge is 0.416 e. The largest absolute Gasteiger partial charge is 0.486 e. The molecule has 0 fully saturated rings. The Morgan fingerprint density at radius 2 is 0.587 bits per heavy atom. The van der Waals surface area contributed by atoms with Crippen molar-refractivity contribution in [2.75, 3.05) is 20.3 Å². The third kappa shape index (κ3) is 14.8. The molecule has 0 amide bonds. The molecule has 75 heavy (non-hydrogen) atoms. The van der Waals surface area contributed by atoms with Gasteiger partial charge in [-0.05, 0) is 48.5 Å². The summed E-state index contributed by atoms with van der Waals surface area (Å²) in [7, 11) is 1.69. The number of benzene rings is 6. The molecule has 406 valence electrons. The number of alkyl halides is 24. The highest BCUT2D eigenvalue weighted by Crippen LogP contribution is 2.41. The van der Waals surface area contributed by atoms with Crippen molar-refractivity contribution in [2.24, 2.45) is 0 Å². The molecule has 0 aliphatic carbocycles. The molecule has 6 rings (SSSR count). The van der Waals surface area contributed by atoms with Crippen LogP contribution in [0, 0.1) is 7.14 Å². The van der Waals surface area contributed by atoms with E-state index < -0.39 is 195 Å². The van der Waals surface area contributed by atoms with Crippen LogP contribution in [0.1, 0.15) is 44.5 Å². The standard InChI is InChI=1S/C32H12BF24.C15H16IO2/c34-25(35,36)13-1-14(26(37,38)39)6-21(5-13)33(22-7-15(27(40,41)42)2-16(8-22)28(43,44)45,23-9-17(29(46,47)48)3-18(10-23)30(49,50)51)24-11-19(31(52,53)54)4-20(12-24)32(55,56)57;1-17-11-12-18-15-10-6-5-9-14(15)16-13-7-3-2-4-8-13/h1-12H;2-10H,11-12H2,1H3/q-1;+1. The first-order chi connectivity index (χ1) is 34.2. The number of methoxy groups -OCH3 is 1. The van der Waals surface area contributed by atoms with E-state index in [4.69, 9.17) is 9.47 Å². The van der Waals surface area contributed by atoms with Crippen molar-refractivity contribution < 1.29 is 136 Å². The Morgan fingerprint density at radius 1 is 0.333 bits per heavy atom. The zero-order valence-electron chi connectivity index (χ0n) is 36.9. The third-order valence-corrected chi connectivity index (χ3v) is 13.6. The van der Waals surface area contributed by atoms with E-state index in [9.17, 15) is 105 Å². The van der Waals surface area contributed by atoms with Crippen LogP contribution in [-0.2, 0) is 54.1 Å². The number of para-hydroxylation sites is 1. The van der Waals surface area contributed by atoms with Gasteiger partial charge in [0.1, 0.15) is 12.8 Å². The second-order valence-electron chi connectivity index (χ2n) is 15.9. The first-order valence-corrected chi connectivity index (χ1v) is 22.6. The molecule has 0 radical (unpaired) electrons. The van der Waals surface area contributed by atoms with E-state index in [1.54, 1.807) is 7.11 Å². The number of rotatable bonds is 10. The van der Waals surface area contributed by atoms with Gasteiger partial charge in [-0.25, -0.2) is 0 Å². The summed E-state index contributed by atoms with van der Waals surface area (Å²) in [6.07, 6.45) is -54.8. The second kappa shape index (κ2) is 21.7. The van der Waals surface area contributed by atoms with Crippen LogP contribution in [-0.4, -0.2) is 26.5 Å². The molecule has 0 atom stereocenters. The minimum Gasteiger partial charge on any atom is -0.486 e. The zero-order valence-corrected chi connectivity index (χ0v) is 39.0. The van der Waals surface area contributed by atoms with Gasteiger partial charge >= 0.3 is 70.6 Å². The lowest BCUT2D eigenvalue weighted by atomic mass is 9.12. The van der Waals surface area contributed by atoms with Gasteiger partial charge in [0.25, 0.3) is 0 Å². The van der Waals surface area contributed by atoms with Gasteiger partial charge in [-0.15, -0.1) is 0 Å². The lowest BCUT2D eigenvalue weighted by Crippen LogP contribution is -3.61. The maximum atomic E-state index is 14.2. The minimum atomic E-state index is -6.13. The SMILES string of the molecule is COCCOc1ccccc1[I+]c1ccccc1.FC(F)(F)c1cc([B-](c2cc(C(F)(F)F)cc(C(F)(F)F)c2)(c2cc(C(F)(F)F)cc(C(F)(F)F)c2)c2cc(C(F)(F)F)cc(C(F)(F)F)c2)cc(C(F)(F)F)c1. The van der Waals surface area contributed by atoms with Crippen LogP contribution in [0.2, 0.25) is 0 Å². The molecule has 2 nitrogen and oxygen atoms in total. The molecule has 6 aromatic carbocycles. The molecule has 0 spiro atoms. The monoisotopic (exact) mass is 1220 g/mol. The molecule has 0 heterocycles. The fourth-order valence-electron chi connectivity index (χ4n) is 7.54. The van der Waals surface area contributed by atoms with Gasteiger partial charge in [0.05, 0.1) is 51.1 Å². The molecular weight excluding hydrogens is 1190 g/mol. The highest BCUT2D eigenvalue weighted by Gasteiger charge is 2.47. The van der Waals surface area contributed by atoms with Crippen molar-refractivity contribution in [2.45, 2.75) is 49.4 Å². The predicted octanol–water partition coefficient (Wildman–Crippen LogP) is 11.1. The number of ether oxygens (including phenoxy) is 2. The molecule has 0 aromatic heterocycles. The van der Waals surface area contributed by atoms with Crippen LogP contribution in [0.15, 0.2) is 127 Å². The maximum absolute atomic E-state index is 14.2. The van der Waals surface area contributed by atoms with Crippen molar-refractivity contribution >= 4 is 28.0 Å². The Kier molecular flexibility index (Phi) is 17.4. The molecule has 0 unspecified atom stereocenters. The van der Waals surface area contributed by atoms with Crippen molar-refractivity contribution in [1.82, 2.24) is 0 Å². The van der Waals surface area contributed by atoms with Gasteiger partial charge in [0.2, 0.25) is 3.57 Å². The molecule has 0 aliphatic heterocycles. The molecular formula is C47H28BF24IO2. The topological polar surface area (TPSA) is 18.5 Å². The second-order valence-corrected chi connectivity index (χ2v) is 18.8. The van der Waals surface area contributed by atoms with Gasteiger partial charge in [0.15, 0.2) is 9.32 Å². The first-order valence-electron chi connectivity index (χ1n) is 20.4. The molecule has 0 saturated heterocycles. The van der Waals surface area contributed by atoms with E-state index in [1.807, 2.05) is 18.2 Å². The van der Waals surface area contributed by atoms with E-state index in [0.29, 0.717) is 13.2 Å². The average molecular weight is 1220 g/mol. The van der Waals surface area contributed by atoms with Gasteiger partial charge in [-0.2, -0.15) is 127 Å². The lowest BCUT2D eigenvalue weighted by Gasteiger charge is -2.46. The summed E-state index contributed by atoms with van der Waals surface area (Å²) in [6.45, 7) is 1.23. The Morgan fingerprint density at radius 3 is 0.840 bits per heavy atom. The van der Waals surface area contributed by atoms with Crippen LogP contribution in [0.3, 0.4) is 0 Å². The fraction of sp³-hybridized carbons (Fsp3) is 0.234. The van der Waals surface area contributed by atoms with Crippen LogP contribution in [0.5, 0.6) is 5.75 Å². The van der Waals surface area contributed by atoms with E-state index in [2.05, 4.69) is 36.4 Å². The summed E-state index contributed by atoms with van der Waals surface area (Å²) in [5.74, 6) is 0.992. The van der Waals surface area contributed by atoms with Crippen LogP contribution >= 0.6 is 0 Å². The summed E-state index contributed by atoms with van der Waals surface area (Å²) >= 11 is -0.181.